The van der Waals surface area contributed by atoms with Gasteiger partial charge in [0.1, 0.15) is 17.9 Å². The monoisotopic (exact) mass is 460 g/mol. The van der Waals surface area contributed by atoms with Gasteiger partial charge in [0.15, 0.2) is 11.3 Å². The number of amides is 1. The molecule has 0 unspecified atom stereocenters. The summed E-state index contributed by atoms with van der Waals surface area (Å²) in [5.41, 5.74) is 7.13. The molecule has 2 aromatic carbocycles. The van der Waals surface area contributed by atoms with E-state index in [4.69, 9.17) is 19.6 Å². The van der Waals surface area contributed by atoms with E-state index in [1.54, 1.807) is 18.3 Å². The van der Waals surface area contributed by atoms with Crippen LogP contribution in [0.15, 0.2) is 59.1 Å². The van der Waals surface area contributed by atoms with E-state index in [9.17, 15) is 4.79 Å². The normalized spacial score (nSPS) is 15.1. The third-order valence-corrected chi connectivity index (χ3v) is 6.28. The molecule has 1 saturated heterocycles. The van der Waals surface area contributed by atoms with Crippen molar-refractivity contribution in [3.8, 4) is 17.4 Å². The average Bonchev–Trinajstić information content (AvgIpc) is 3.24. The molecule has 0 spiro atoms. The molecule has 0 bridgehead atoms. The van der Waals surface area contributed by atoms with E-state index in [0.717, 1.165) is 50.2 Å². The minimum atomic E-state index is -0.627. The van der Waals surface area contributed by atoms with Crippen molar-refractivity contribution in [1.29, 1.82) is 0 Å². The van der Waals surface area contributed by atoms with Crippen LogP contribution in [0.3, 0.4) is 0 Å². The van der Waals surface area contributed by atoms with Crippen LogP contribution in [-0.2, 0) is 0 Å². The minimum absolute atomic E-state index is 0.0468. The summed E-state index contributed by atoms with van der Waals surface area (Å²) in [7, 11) is 0. The molecule has 1 aliphatic heterocycles. The van der Waals surface area contributed by atoms with E-state index >= 15 is 0 Å². The molecule has 1 amide bonds. The van der Waals surface area contributed by atoms with Gasteiger partial charge in [-0.05, 0) is 36.9 Å². The Morgan fingerprint density at radius 1 is 1.00 bits per heavy atom. The van der Waals surface area contributed by atoms with E-state index in [2.05, 4.69) is 21.7 Å². The van der Waals surface area contributed by atoms with Crippen molar-refractivity contribution in [2.24, 2.45) is 5.73 Å². The summed E-state index contributed by atoms with van der Waals surface area (Å²) >= 11 is 0. The summed E-state index contributed by atoms with van der Waals surface area (Å²) in [6, 6.07) is 14.8. The lowest BCUT2D eigenvalue weighted by Crippen LogP contribution is -2.47. The molecule has 176 valence electrons. The second kappa shape index (κ2) is 9.70. The molecule has 0 aliphatic carbocycles. The van der Waals surface area contributed by atoms with Gasteiger partial charge in [0, 0.05) is 49.7 Å². The first-order valence-corrected chi connectivity index (χ1v) is 11.6. The topological polar surface area (TPSA) is 94.1 Å². The Morgan fingerprint density at radius 3 is 2.56 bits per heavy atom. The Hall–Kier alpha value is -3.62. The van der Waals surface area contributed by atoms with Crippen LogP contribution >= 0.6 is 0 Å². The number of likely N-dealkylation sites (N-methyl/N-ethyl adjacent to an activating group) is 1. The number of aromatic nitrogens is 1. The molecule has 3 heterocycles. The quantitative estimate of drug-likeness (QED) is 0.426. The van der Waals surface area contributed by atoms with E-state index < -0.39 is 5.91 Å². The molecule has 1 fully saturated rings. The molecule has 0 radical (unpaired) electrons. The number of benzene rings is 2. The van der Waals surface area contributed by atoms with Crippen molar-refractivity contribution in [2.75, 3.05) is 45.9 Å². The number of carbonyl (C=O) groups is 1. The number of hydrogen-bond donors (Lipinski definition) is 1. The number of fused-ring (bicyclic) bond motifs is 2. The Morgan fingerprint density at radius 2 is 1.76 bits per heavy atom. The molecule has 1 aliphatic rings. The zero-order valence-corrected chi connectivity index (χ0v) is 19.2. The molecule has 0 atom stereocenters. The summed E-state index contributed by atoms with van der Waals surface area (Å²) < 4.78 is 18.2. The summed E-state index contributed by atoms with van der Waals surface area (Å²) in [6.07, 6.45) is 1.65. The highest BCUT2D eigenvalue weighted by atomic mass is 16.6. The van der Waals surface area contributed by atoms with Crippen molar-refractivity contribution in [3.05, 3.63) is 60.3 Å². The van der Waals surface area contributed by atoms with Gasteiger partial charge < -0.3 is 24.5 Å². The molecule has 8 nitrogen and oxygen atoms in total. The summed E-state index contributed by atoms with van der Waals surface area (Å²) in [5.74, 6) is 0.506. The SMILES string of the molecule is CCN1CCN(CCOc2cccc3c(C(N)=O)c(Oc4ccnc5ccccc45)oc23)CC1. The van der Waals surface area contributed by atoms with Crippen LogP contribution in [0.1, 0.15) is 17.3 Å². The van der Waals surface area contributed by atoms with Crippen molar-refractivity contribution >= 4 is 27.8 Å². The molecule has 8 heteroatoms. The number of nitrogens with two attached hydrogens (primary N) is 1. The van der Waals surface area contributed by atoms with Gasteiger partial charge in [-0.15, -0.1) is 0 Å². The number of carbonyl (C=O) groups excluding carboxylic acids is 1. The predicted molar refractivity (Wildman–Crippen MR) is 131 cm³/mol. The Labute approximate surface area is 197 Å². The lowest BCUT2D eigenvalue weighted by molar-refractivity contribution is 0.0997. The molecular formula is C26H28N4O4. The highest BCUT2D eigenvalue weighted by molar-refractivity contribution is 6.08. The standard InChI is InChI=1S/C26H28N4O4/c1-2-29-12-14-30(15-13-29)16-17-32-22-9-5-7-19-23(25(27)31)26(34-24(19)22)33-21-10-11-28-20-8-4-3-6-18(20)21/h3-11H,2,12-17H2,1H3,(H2,27,31). The van der Waals surface area contributed by atoms with Gasteiger partial charge in [-0.3, -0.25) is 14.7 Å². The molecule has 5 rings (SSSR count). The molecule has 2 aromatic heterocycles. The lowest BCUT2D eigenvalue weighted by Gasteiger charge is -2.33. The van der Waals surface area contributed by atoms with Crippen molar-refractivity contribution < 1.29 is 18.7 Å². The Bertz CT molecular complexity index is 1310. The van der Waals surface area contributed by atoms with Crippen LogP contribution in [-0.4, -0.2) is 66.6 Å². The predicted octanol–water partition coefficient (Wildman–Crippen LogP) is 3.89. The number of para-hydroxylation sites is 2. The van der Waals surface area contributed by atoms with Crippen LogP contribution in [0.2, 0.25) is 0 Å². The number of nitrogens with zero attached hydrogens (tertiary/aromatic N) is 3. The summed E-state index contributed by atoms with van der Waals surface area (Å²) in [6.45, 7) is 8.85. The number of furan rings is 1. The number of pyridine rings is 1. The fraction of sp³-hybridized carbons (Fsp3) is 0.308. The highest BCUT2D eigenvalue weighted by Gasteiger charge is 2.24. The summed E-state index contributed by atoms with van der Waals surface area (Å²) in [5, 5.41) is 1.37. The number of primary amides is 1. The number of hydrogen-bond acceptors (Lipinski definition) is 7. The highest BCUT2D eigenvalue weighted by Crippen LogP contribution is 2.40. The maximum atomic E-state index is 12.4. The molecular weight excluding hydrogens is 432 g/mol. The molecule has 0 saturated carbocycles. The fourth-order valence-corrected chi connectivity index (χ4v) is 4.36. The van der Waals surface area contributed by atoms with Crippen LogP contribution in [0.4, 0.5) is 0 Å². The zero-order chi connectivity index (χ0) is 23.5. The van der Waals surface area contributed by atoms with Crippen LogP contribution in [0, 0.1) is 0 Å². The maximum absolute atomic E-state index is 12.4. The largest absolute Gasteiger partial charge is 0.488 e. The number of rotatable bonds is 8. The van der Waals surface area contributed by atoms with E-state index in [1.807, 2.05) is 36.4 Å². The first kappa shape index (κ1) is 22.2. The first-order valence-electron chi connectivity index (χ1n) is 11.6. The third kappa shape index (κ3) is 4.42. The Balaban J connectivity index is 1.39. The second-order valence-corrected chi connectivity index (χ2v) is 8.31. The van der Waals surface area contributed by atoms with Crippen molar-refractivity contribution in [2.45, 2.75) is 6.92 Å². The first-order chi connectivity index (χ1) is 16.6. The van der Waals surface area contributed by atoms with Crippen LogP contribution < -0.4 is 15.2 Å². The average molecular weight is 461 g/mol. The smallest absolute Gasteiger partial charge is 0.304 e. The van der Waals surface area contributed by atoms with Gasteiger partial charge in [-0.2, -0.15) is 0 Å². The van der Waals surface area contributed by atoms with E-state index in [-0.39, 0.29) is 11.5 Å². The van der Waals surface area contributed by atoms with Crippen molar-refractivity contribution in [3.63, 3.8) is 0 Å². The minimum Gasteiger partial charge on any atom is -0.488 e. The second-order valence-electron chi connectivity index (χ2n) is 8.31. The molecule has 2 N–H and O–H groups in total. The maximum Gasteiger partial charge on any atom is 0.304 e. The summed E-state index contributed by atoms with van der Waals surface area (Å²) in [4.78, 5) is 21.5. The van der Waals surface area contributed by atoms with Crippen LogP contribution in [0.25, 0.3) is 21.9 Å². The lowest BCUT2D eigenvalue weighted by atomic mass is 10.1. The van der Waals surface area contributed by atoms with E-state index in [0.29, 0.717) is 29.1 Å². The molecule has 34 heavy (non-hydrogen) atoms. The van der Waals surface area contributed by atoms with Gasteiger partial charge in [0.05, 0.1) is 5.52 Å². The third-order valence-electron chi connectivity index (χ3n) is 6.28. The fourth-order valence-electron chi connectivity index (χ4n) is 4.36. The van der Waals surface area contributed by atoms with Gasteiger partial charge in [0.25, 0.3) is 5.91 Å². The van der Waals surface area contributed by atoms with Gasteiger partial charge in [-0.25, -0.2) is 0 Å². The Kier molecular flexibility index (Phi) is 6.33. The van der Waals surface area contributed by atoms with Gasteiger partial charge in [-0.1, -0.05) is 25.1 Å². The number of piperazine rings is 1. The molecule has 4 aromatic rings. The van der Waals surface area contributed by atoms with Crippen LogP contribution in [0.5, 0.6) is 17.4 Å². The van der Waals surface area contributed by atoms with Crippen molar-refractivity contribution in [1.82, 2.24) is 14.8 Å². The van der Waals surface area contributed by atoms with E-state index in [1.165, 1.54) is 0 Å². The number of ether oxygens (including phenoxy) is 2. The zero-order valence-electron chi connectivity index (χ0n) is 19.2. The van der Waals surface area contributed by atoms with Gasteiger partial charge in [0.2, 0.25) is 0 Å². The van der Waals surface area contributed by atoms with Gasteiger partial charge >= 0.3 is 5.95 Å².